The van der Waals surface area contributed by atoms with Crippen LogP contribution in [-0.2, 0) is 23.3 Å². The molecule has 1 saturated heterocycles. The Morgan fingerprint density at radius 1 is 1.09 bits per heavy atom. The molecular weight excluding hydrogens is 463 g/mol. The molecule has 3 rings (SSSR count). The maximum Gasteiger partial charge on any atom is 0.330 e. The van der Waals surface area contributed by atoms with Crippen molar-refractivity contribution in [1.29, 1.82) is 0 Å². The minimum atomic E-state index is -3.19. The maximum absolute atomic E-state index is 15.1. The van der Waals surface area contributed by atoms with Crippen LogP contribution >= 0.6 is 7.14 Å². The maximum atomic E-state index is 15.1. The molecule has 0 saturated carbocycles. The Morgan fingerprint density at radius 2 is 1.62 bits per heavy atom. The van der Waals surface area contributed by atoms with Gasteiger partial charge in [-0.05, 0) is 24.6 Å². The first-order chi connectivity index (χ1) is 16.0. The first kappa shape index (κ1) is 26.6. The third-order valence-corrected chi connectivity index (χ3v) is 15.2. The molecule has 0 amide bonds. The lowest BCUT2D eigenvalue weighted by Crippen LogP contribution is -2.53. The van der Waals surface area contributed by atoms with Gasteiger partial charge < -0.3 is 18.5 Å². The van der Waals surface area contributed by atoms with Crippen LogP contribution in [0, 0.1) is 0 Å². The molecule has 2 aromatic carbocycles. The number of esters is 1. The van der Waals surface area contributed by atoms with Crippen LogP contribution in [0.15, 0.2) is 73.3 Å². The number of rotatable bonds is 8. The van der Waals surface area contributed by atoms with Gasteiger partial charge in [-0.3, -0.25) is 0 Å². The molecule has 0 bridgehead atoms. The second-order valence-corrected chi connectivity index (χ2v) is 18.1. The molecule has 34 heavy (non-hydrogen) atoms. The highest BCUT2D eigenvalue weighted by molar-refractivity contribution is 7.79. The summed E-state index contributed by atoms with van der Waals surface area (Å²) in [4.78, 5) is 12.4. The van der Waals surface area contributed by atoms with E-state index in [4.69, 9.17) is 13.9 Å². The monoisotopic (exact) mass is 500 g/mol. The van der Waals surface area contributed by atoms with Gasteiger partial charge in [0, 0.05) is 23.3 Å². The molecule has 3 atom stereocenters. The second-order valence-electron chi connectivity index (χ2n) is 10.3. The van der Waals surface area contributed by atoms with Crippen molar-refractivity contribution in [2.75, 3.05) is 13.2 Å². The molecule has 1 aliphatic rings. The van der Waals surface area contributed by atoms with Gasteiger partial charge in [-0.1, -0.05) is 88.0 Å². The summed E-state index contributed by atoms with van der Waals surface area (Å²) in [5.74, 6) is -0.550. The lowest BCUT2D eigenvalue weighted by molar-refractivity contribution is -0.160. The summed E-state index contributed by atoms with van der Waals surface area (Å²) in [6.45, 7) is 15.2. The Labute approximate surface area is 205 Å². The van der Waals surface area contributed by atoms with Crippen LogP contribution in [0.1, 0.15) is 27.2 Å². The topological polar surface area (TPSA) is 61.8 Å². The van der Waals surface area contributed by atoms with Crippen molar-refractivity contribution in [2.24, 2.45) is 0 Å². The molecule has 2 aromatic rings. The van der Waals surface area contributed by atoms with Crippen LogP contribution in [0.3, 0.4) is 0 Å². The number of carbonyl (C=O) groups is 1. The standard InChI is InChI=1S/C27H37O5PSi/c1-7-25(28)32-26-23(20-31-34(5,6)27(2,3)4)30-19-18-24(26)33(29,21-14-10-8-11-15-21)22-16-12-9-13-17-22/h7-17,23-24,26H,1,18-20H2,2-6H3/t23-,24+,26-/m1/s1. The van der Waals surface area contributed by atoms with Crippen LogP contribution in [0.25, 0.3) is 0 Å². The minimum absolute atomic E-state index is 0.0255. The van der Waals surface area contributed by atoms with Crippen LogP contribution in [0.2, 0.25) is 18.1 Å². The molecule has 1 heterocycles. The molecule has 0 radical (unpaired) electrons. The van der Waals surface area contributed by atoms with E-state index >= 15 is 4.57 Å². The molecule has 1 aliphatic heterocycles. The third kappa shape index (κ3) is 5.63. The van der Waals surface area contributed by atoms with Crippen LogP contribution in [0.4, 0.5) is 0 Å². The van der Waals surface area contributed by atoms with Gasteiger partial charge in [0.05, 0.1) is 12.3 Å². The van der Waals surface area contributed by atoms with Crippen LogP contribution in [0.5, 0.6) is 0 Å². The Kier molecular flexibility index (Phi) is 8.41. The highest BCUT2D eigenvalue weighted by Crippen LogP contribution is 2.53. The number of hydrogen-bond acceptors (Lipinski definition) is 5. The smallest absolute Gasteiger partial charge is 0.330 e. The summed E-state index contributed by atoms with van der Waals surface area (Å²) < 4.78 is 33.5. The molecule has 0 N–H and O–H groups in total. The molecule has 5 nitrogen and oxygen atoms in total. The molecule has 184 valence electrons. The zero-order valence-electron chi connectivity index (χ0n) is 20.9. The number of carbonyl (C=O) groups excluding carboxylic acids is 1. The quantitative estimate of drug-likeness (QED) is 0.214. The fourth-order valence-electron chi connectivity index (χ4n) is 4.05. The van der Waals surface area contributed by atoms with E-state index < -0.39 is 39.3 Å². The van der Waals surface area contributed by atoms with Crippen molar-refractivity contribution >= 4 is 32.0 Å². The number of hydrogen-bond donors (Lipinski definition) is 0. The lowest BCUT2D eigenvalue weighted by Gasteiger charge is -2.43. The van der Waals surface area contributed by atoms with Crippen molar-refractivity contribution in [1.82, 2.24) is 0 Å². The van der Waals surface area contributed by atoms with E-state index in [1.807, 2.05) is 60.7 Å². The summed E-state index contributed by atoms with van der Waals surface area (Å²) in [6.07, 6.45) is 0.410. The molecule has 0 aliphatic carbocycles. The summed E-state index contributed by atoms with van der Waals surface area (Å²) >= 11 is 0. The minimum Gasteiger partial charge on any atom is -0.456 e. The van der Waals surface area contributed by atoms with Crippen molar-refractivity contribution in [3.8, 4) is 0 Å². The van der Waals surface area contributed by atoms with E-state index in [1.54, 1.807) is 0 Å². The van der Waals surface area contributed by atoms with Gasteiger partial charge in [0.25, 0.3) is 0 Å². The first-order valence-corrected chi connectivity index (χ1v) is 16.5. The van der Waals surface area contributed by atoms with Gasteiger partial charge in [-0.25, -0.2) is 4.79 Å². The van der Waals surface area contributed by atoms with Gasteiger partial charge >= 0.3 is 5.97 Å². The first-order valence-electron chi connectivity index (χ1n) is 11.8. The van der Waals surface area contributed by atoms with Crippen molar-refractivity contribution < 1.29 is 23.3 Å². The Bertz CT molecular complexity index is 973. The summed E-state index contributed by atoms with van der Waals surface area (Å²) in [6, 6.07) is 19.0. The summed E-state index contributed by atoms with van der Waals surface area (Å²) in [5.41, 5.74) is -0.442. The van der Waals surface area contributed by atoms with Crippen molar-refractivity contribution in [2.45, 2.75) is 63.2 Å². The van der Waals surface area contributed by atoms with Gasteiger partial charge in [0.2, 0.25) is 0 Å². The average Bonchev–Trinajstić information content (AvgIpc) is 2.83. The predicted octanol–water partition coefficient (Wildman–Crippen LogP) is 5.28. The third-order valence-electron chi connectivity index (χ3n) is 7.07. The Morgan fingerprint density at radius 3 is 2.09 bits per heavy atom. The molecule has 0 spiro atoms. The summed E-state index contributed by atoms with van der Waals surface area (Å²) in [7, 11) is -5.26. The van der Waals surface area contributed by atoms with Crippen molar-refractivity contribution in [3.63, 3.8) is 0 Å². The van der Waals surface area contributed by atoms with Crippen molar-refractivity contribution in [3.05, 3.63) is 73.3 Å². The van der Waals surface area contributed by atoms with Gasteiger partial charge in [-0.15, -0.1) is 0 Å². The van der Waals surface area contributed by atoms with Crippen LogP contribution in [-0.4, -0.2) is 45.4 Å². The lowest BCUT2D eigenvalue weighted by atomic mass is 10.1. The Balaban J connectivity index is 2.04. The van der Waals surface area contributed by atoms with Gasteiger partial charge in [-0.2, -0.15) is 0 Å². The zero-order valence-corrected chi connectivity index (χ0v) is 22.8. The van der Waals surface area contributed by atoms with E-state index in [2.05, 4.69) is 40.4 Å². The van der Waals surface area contributed by atoms with E-state index in [-0.39, 0.29) is 11.6 Å². The van der Waals surface area contributed by atoms with Crippen LogP contribution < -0.4 is 10.6 Å². The highest BCUT2D eigenvalue weighted by atomic mass is 31.2. The molecule has 0 unspecified atom stereocenters. The highest BCUT2D eigenvalue weighted by Gasteiger charge is 2.49. The molecule has 0 aromatic heterocycles. The van der Waals surface area contributed by atoms with Gasteiger partial charge in [0.1, 0.15) is 19.3 Å². The molecular formula is C27H37O5PSi. The van der Waals surface area contributed by atoms with E-state index in [1.165, 1.54) is 0 Å². The largest absolute Gasteiger partial charge is 0.456 e. The van der Waals surface area contributed by atoms with E-state index in [0.717, 1.165) is 16.7 Å². The summed E-state index contributed by atoms with van der Waals surface area (Å²) in [5, 5.41) is 1.52. The predicted molar refractivity (Wildman–Crippen MR) is 141 cm³/mol. The van der Waals surface area contributed by atoms with E-state index in [9.17, 15) is 4.79 Å². The fraction of sp³-hybridized carbons (Fsp3) is 0.444. The SMILES string of the molecule is C=CC(=O)O[C@@H]1[C@@H](CO[Si](C)(C)C(C)(C)C)OCC[C@@H]1P(=O)(c1ccccc1)c1ccccc1. The molecule has 7 heteroatoms. The fourth-order valence-corrected chi connectivity index (χ4v) is 8.50. The normalized spacial score (nSPS) is 21.6. The van der Waals surface area contributed by atoms with E-state index in [0.29, 0.717) is 13.0 Å². The van der Waals surface area contributed by atoms with Gasteiger partial charge in [0.15, 0.2) is 8.32 Å². The average molecular weight is 501 g/mol. The number of benzene rings is 2. The Hall–Kier alpha value is -1.98. The zero-order chi connectivity index (χ0) is 25.0. The number of ether oxygens (including phenoxy) is 2. The second kappa shape index (κ2) is 10.7. The molecule has 1 fully saturated rings.